The van der Waals surface area contributed by atoms with Gasteiger partial charge in [-0.15, -0.1) is 0 Å². The fourth-order valence-corrected chi connectivity index (χ4v) is 3.68. The van der Waals surface area contributed by atoms with Crippen LogP contribution in [0.15, 0.2) is 18.2 Å². The molecule has 0 aromatic heterocycles. The molecular weight excluding hydrogens is 524 g/mol. The molecule has 0 spiro atoms. The molecule has 14 nitrogen and oxygen atoms in total. The zero-order valence-corrected chi connectivity index (χ0v) is 22.2. The molecule has 0 radical (unpaired) electrons. The number of methoxy groups -OCH3 is 2. The van der Waals surface area contributed by atoms with Crippen LogP contribution in [-0.2, 0) is 47.7 Å². The fourth-order valence-electron chi connectivity index (χ4n) is 3.68. The molecule has 0 unspecified atom stereocenters. The van der Waals surface area contributed by atoms with Crippen LogP contribution < -0.4 is 14.2 Å². The van der Waals surface area contributed by atoms with Crippen LogP contribution in [0.2, 0.25) is 0 Å². The molecule has 1 aromatic rings. The predicted molar refractivity (Wildman–Crippen MR) is 129 cm³/mol. The van der Waals surface area contributed by atoms with E-state index in [9.17, 15) is 24.0 Å². The molecule has 14 heteroatoms. The molecule has 1 heterocycles. The highest BCUT2D eigenvalue weighted by molar-refractivity contribution is 5.85. The largest absolute Gasteiger partial charge is 0.493 e. The molecule has 1 aliphatic rings. The van der Waals surface area contributed by atoms with E-state index in [-0.39, 0.29) is 17.2 Å². The van der Waals surface area contributed by atoms with Gasteiger partial charge in [0.15, 0.2) is 23.7 Å². The van der Waals surface area contributed by atoms with Gasteiger partial charge in [0.25, 0.3) is 0 Å². The fraction of sp³-hybridized carbons (Fsp3) is 0.480. The average molecular weight is 555 g/mol. The van der Waals surface area contributed by atoms with Gasteiger partial charge >= 0.3 is 29.8 Å². The SMILES string of the molecule is COc1cc(C=CC(=O)O)cc(OC)c1O[C@@H]1O[C@H](COC(C)=O)[C@H](OC(C)=O)[C@H](OC(C)=O)[C@H]1OC(C)=O. The van der Waals surface area contributed by atoms with Crippen LogP contribution in [0, 0.1) is 0 Å². The van der Waals surface area contributed by atoms with Gasteiger partial charge in [0.2, 0.25) is 18.1 Å². The van der Waals surface area contributed by atoms with Gasteiger partial charge in [-0.3, -0.25) is 19.2 Å². The van der Waals surface area contributed by atoms with E-state index in [0.717, 1.165) is 33.8 Å². The summed E-state index contributed by atoms with van der Waals surface area (Å²) in [7, 11) is 2.64. The summed E-state index contributed by atoms with van der Waals surface area (Å²) in [6.07, 6.45) is -4.83. The maximum atomic E-state index is 12.0. The van der Waals surface area contributed by atoms with Crippen molar-refractivity contribution in [3.05, 3.63) is 23.8 Å². The van der Waals surface area contributed by atoms with Crippen LogP contribution in [0.3, 0.4) is 0 Å². The number of ether oxygens (including phenoxy) is 8. The Labute approximate surface area is 223 Å². The number of aliphatic carboxylic acids is 1. The molecule has 39 heavy (non-hydrogen) atoms. The Bertz CT molecular complexity index is 1080. The molecule has 1 aliphatic heterocycles. The molecule has 1 aromatic carbocycles. The summed E-state index contributed by atoms with van der Waals surface area (Å²) in [5.41, 5.74) is 0.389. The van der Waals surface area contributed by atoms with Crippen molar-refractivity contribution >= 4 is 35.9 Å². The van der Waals surface area contributed by atoms with Crippen LogP contribution in [0.5, 0.6) is 17.2 Å². The van der Waals surface area contributed by atoms with Crippen molar-refractivity contribution in [2.45, 2.75) is 58.4 Å². The van der Waals surface area contributed by atoms with Crippen molar-refractivity contribution < 1.29 is 67.0 Å². The quantitative estimate of drug-likeness (QED) is 0.235. The average Bonchev–Trinajstić information content (AvgIpc) is 2.84. The Morgan fingerprint density at radius 1 is 0.821 bits per heavy atom. The lowest BCUT2D eigenvalue weighted by Gasteiger charge is -2.44. The smallest absolute Gasteiger partial charge is 0.328 e. The number of carbonyl (C=O) groups excluding carboxylic acids is 4. The summed E-state index contributed by atoms with van der Waals surface area (Å²) in [5.74, 6) is -4.12. The zero-order valence-electron chi connectivity index (χ0n) is 22.2. The van der Waals surface area contributed by atoms with Gasteiger partial charge in [0, 0.05) is 33.8 Å². The molecule has 214 valence electrons. The van der Waals surface area contributed by atoms with Crippen LogP contribution in [0.4, 0.5) is 0 Å². The summed E-state index contributed by atoms with van der Waals surface area (Å²) >= 11 is 0. The Balaban J connectivity index is 2.62. The minimum atomic E-state index is -1.53. The summed E-state index contributed by atoms with van der Waals surface area (Å²) in [4.78, 5) is 58.3. The van der Waals surface area contributed by atoms with Crippen LogP contribution in [0.1, 0.15) is 33.3 Å². The Kier molecular flexibility index (Phi) is 11.1. The molecule has 0 amide bonds. The molecule has 1 fully saturated rings. The van der Waals surface area contributed by atoms with E-state index >= 15 is 0 Å². The molecule has 0 bridgehead atoms. The minimum Gasteiger partial charge on any atom is -0.493 e. The number of carboxylic acids is 1. The summed E-state index contributed by atoms with van der Waals surface area (Å²) in [5, 5.41) is 8.94. The second-order valence-corrected chi connectivity index (χ2v) is 8.11. The van der Waals surface area contributed by atoms with E-state index in [0.29, 0.717) is 5.56 Å². The van der Waals surface area contributed by atoms with E-state index < -0.39 is 67.2 Å². The van der Waals surface area contributed by atoms with Crippen molar-refractivity contribution in [2.24, 2.45) is 0 Å². The summed E-state index contributed by atoms with van der Waals surface area (Å²) < 4.78 is 43.9. The Morgan fingerprint density at radius 2 is 1.33 bits per heavy atom. The lowest BCUT2D eigenvalue weighted by atomic mass is 9.98. The third-order valence-electron chi connectivity index (χ3n) is 5.08. The molecule has 1 N–H and O–H groups in total. The summed E-state index contributed by atoms with van der Waals surface area (Å²) in [6, 6.07) is 2.89. The van der Waals surface area contributed by atoms with E-state index in [1.165, 1.54) is 32.4 Å². The second kappa shape index (κ2) is 14.0. The lowest BCUT2D eigenvalue weighted by Crippen LogP contribution is -2.63. The monoisotopic (exact) mass is 554 g/mol. The molecule has 1 saturated heterocycles. The minimum absolute atomic E-state index is 0.0478. The van der Waals surface area contributed by atoms with Gasteiger partial charge in [0.1, 0.15) is 12.7 Å². The molecule has 0 saturated carbocycles. The predicted octanol–water partition coefficient (Wildman–Crippen LogP) is 1.26. The molecular formula is C25H30O14. The van der Waals surface area contributed by atoms with Crippen molar-refractivity contribution in [1.29, 1.82) is 0 Å². The third kappa shape index (κ3) is 8.88. The van der Waals surface area contributed by atoms with Crippen molar-refractivity contribution in [1.82, 2.24) is 0 Å². The first kappa shape index (κ1) is 30.9. The van der Waals surface area contributed by atoms with Crippen LogP contribution in [0.25, 0.3) is 6.08 Å². The topological polar surface area (TPSA) is 179 Å². The number of carbonyl (C=O) groups is 5. The number of hydrogen-bond donors (Lipinski definition) is 1. The first-order valence-electron chi connectivity index (χ1n) is 11.5. The van der Waals surface area contributed by atoms with Gasteiger partial charge in [-0.2, -0.15) is 0 Å². The maximum Gasteiger partial charge on any atom is 0.328 e. The normalized spacial score (nSPS) is 22.4. The number of carboxylic acid groups (broad SMARTS) is 1. The van der Waals surface area contributed by atoms with Crippen molar-refractivity contribution in [2.75, 3.05) is 20.8 Å². The third-order valence-corrected chi connectivity index (χ3v) is 5.08. The first-order valence-corrected chi connectivity index (χ1v) is 11.5. The zero-order chi connectivity index (χ0) is 29.3. The van der Waals surface area contributed by atoms with Gasteiger partial charge in [-0.25, -0.2) is 4.79 Å². The molecule has 5 atom stereocenters. The van der Waals surface area contributed by atoms with Crippen LogP contribution >= 0.6 is 0 Å². The van der Waals surface area contributed by atoms with E-state index in [1.807, 2.05) is 0 Å². The van der Waals surface area contributed by atoms with Gasteiger partial charge in [-0.1, -0.05) is 0 Å². The molecule has 2 rings (SSSR count). The Morgan fingerprint density at radius 3 is 1.79 bits per heavy atom. The van der Waals surface area contributed by atoms with E-state index in [2.05, 4.69) is 0 Å². The van der Waals surface area contributed by atoms with Crippen molar-refractivity contribution in [3.8, 4) is 17.2 Å². The van der Waals surface area contributed by atoms with Gasteiger partial charge < -0.3 is 43.0 Å². The van der Waals surface area contributed by atoms with Crippen molar-refractivity contribution in [3.63, 3.8) is 0 Å². The molecule has 0 aliphatic carbocycles. The van der Waals surface area contributed by atoms with E-state index in [1.54, 1.807) is 0 Å². The van der Waals surface area contributed by atoms with Gasteiger partial charge in [-0.05, 0) is 23.8 Å². The maximum absolute atomic E-state index is 12.0. The van der Waals surface area contributed by atoms with Gasteiger partial charge in [0.05, 0.1) is 14.2 Å². The highest BCUT2D eigenvalue weighted by atomic mass is 16.7. The van der Waals surface area contributed by atoms with Crippen LogP contribution in [-0.4, -0.2) is 86.5 Å². The second-order valence-electron chi connectivity index (χ2n) is 8.11. The number of benzene rings is 1. The van der Waals surface area contributed by atoms with E-state index in [4.69, 9.17) is 43.0 Å². The lowest BCUT2D eigenvalue weighted by molar-refractivity contribution is -0.288. The highest BCUT2D eigenvalue weighted by Crippen LogP contribution is 2.41. The number of esters is 4. The number of rotatable bonds is 11. The first-order chi connectivity index (χ1) is 18.4. The number of hydrogen-bond acceptors (Lipinski definition) is 13. The standard InChI is InChI=1S/C25H30O14/c1-12(26)34-11-19-22(35-13(2)27)23(36-14(3)28)24(37-15(4)29)25(38-19)39-21-17(32-5)9-16(7-8-20(30)31)10-18(21)33-6/h7-10,19,22-25H,11H2,1-6H3,(H,30,31)/t19-,22+,23+,24-,25+/m1/s1. The Hall–Kier alpha value is -4.33. The highest BCUT2D eigenvalue weighted by Gasteiger charge is 2.53. The summed E-state index contributed by atoms with van der Waals surface area (Å²) in [6.45, 7) is 4.01.